The van der Waals surface area contributed by atoms with E-state index in [9.17, 15) is 14.7 Å². The van der Waals surface area contributed by atoms with Gasteiger partial charge in [-0.05, 0) is 51.4 Å². The summed E-state index contributed by atoms with van der Waals surface area (Å²) in [6, 6.07) is 0. The van der Waals surface area contributed by atoms with E-state index in [1.807, 2.05) is 20.8 Å². The van der Waals surface area contributed by atoms with E-state index in [0.29, 0.717) is 6.42 Å². The standard InChI is InChI=1S/C16H29NO4/c1-10(2)12-8-7-11(3)9-16(12,13(18)19)17-14(20)21-15(4,5)6/h10-12H,7-9H2,1-6H3,(H,17,20)(H,18,19)/t11-,12+,16-/m1/s1. The van der Waals surface area contributed by atoms with Crippen molar-refractivity contribution < 1.29 is 19.4 Å². The molecule has 2 N–H and O–H groups in total. The van der Waals surface area contributed by atoms with Gasteiger partial charge in [0.05, 0.1) is 0 Å². The Morgan fingerprint density at radius 3 is 2.29 bits per heavy atom. The molecule has 1 aliphatic rings. The van der Waals surface area contributed by atoms with Crippen molar-refractivity contribution in [1.82, 2.24) is 5.32 Å². The topological polar surface area (TPSA) is 75.6 Å². The average Bonchev–Trinajstić information content (AvgIpc) is 2.24. The molecule has 0 aromatic heterocycles. The number of amides is 1. The molecule has 0 aliphatic heterocycles. The molecule has 122 valence electrons. The van der Waals surface area contributed by atoms with Gasteiger partial charge >= 0.3 is 12.1 Å². The minimum Gasteiger partial charge on any atom is -0.479 e. The van der Waals surface area contributed by atoms with Crippen molar-refractivity contribution in [2.45, 2.75) is 71.9 Å². The van der Waals surface area contributed by atoms with Gasteiger partial charge in [0.1, 0.15) is 11.1 Å². The van der Waals surface area contributed by atoms with Crippen molar-refractivity contribution in [3.8, 4) is 0 Å². The fourth-order valence-corrected chi connectivity index (χ4v) is 3.34. The second kappa shape index (κ2) is 6.24. The number of carboxylic acid groups (broad SMARTS) is 1. The number of nitrogens with one attached hydrogen (secondary N) is 1. The first-order valence-electron chi connectivity index (χ1n) is 7.72. The lowest BCUT2D eigenvalue weighted by molar-refractivity contribution is -0.151. The summed E-state index contributed by atoms with van der Waals surface area (Å²) in [4.78, 5) is 24.1. The van der Waals surface area contributed by atoms with E-state index in [0.717, 1.165) is 12.8 Å². The molecule has 0 bridgehead atoms. The van der Waals surface area contributed by atoms with Gasteiger partial charge in [0.2, 0.25) is 0 Å². The molecule has 5 nitrogen and oxygen atoms in total. The zero-order valence-electron chi connectivity index (χ0n) is 14.0. The predicted octanol–water partition coefficient (Wildman–Crippen LogP) is 3.43. The number of alkyl carbamates (subject to hydrolysis) is 1. The van der Waals surface area contributed by atoms with E-state index in [1.165, 1.54) is 0 Å². The molecule has 0 heterocycles. The summed E-state index contributed by atoms with van der Waals surface area (Å²) >= 11 is 0. The lowest BCUT2D eigenvalue weighted by Gasteiger charge is -2.45. The largest absolute Gasteiger partial charge is 0.479 e. The van der Waals surface area contributed by atoms with Gasteiger partial charge in [-0.3, -0.25) is 0 Å². The molecule has 3 atom stereocenters. The molecule has 0 spiro atoms. The van der Waals surface area contributed by atoms with Crippen LogP contribution >= 0.6 is 0 Å². The van der Waals surface area contributed by atoms with Gasteiger partial charge < -0.3 is 15.2 Å². The van der Waals surface area contributed by atoms with Crippen LogP contribution < -0.4 is 5.32 Å². The normalized spacial score (nSPS) is 30.0. The average molecular weight is 299 g/mol. The molecule has 1 fully saturated rings. The number of aliphatic carboxylic acids is 1. The Hall–Kier alpha value is -1.26. The molecule has 1 aliphatic carbocycles. The molecule has 1 rings (SSSR count). The monoisotopic (exact) mass is 299 g/mol. The van der Waals surface area contributed by atoms with Crippen LogP contribution in [0.1, 0.15) is 60.8 Å². The van der Waals surface area contributed by atoms with E-state index in [1.54, 1.807) is 20.8 Å². The Labute approximate surface area is 127 Å². The number of carbonyl (C=O) groups excluding carboxylic acids is 1. The molecular formula is C16H29NO4. The molecule has 0 saturated heterocycles. The number of hydrogen-bond acceptors (Lipinski definition) is 3. The van der Waals surface area contributed by atoms with Gasteiger partial charge in [0.25, 0.3) is 0 Å². The lowest BCUT2D eigenvalue weighted by atomic mass is 9.65. The molecule has 0 unspecified atom stereocenters. The summed E-state index contributed by atoms with van der Waals surface area (Å²) in [5, 5.41) is 12.5. The number of carboxylic acids is 1. The van der Waals surface area contributed by atoms with Crippen molar-refractivity contribution in [2.75, 3.05) is 0 Å². The molecular weight excluding hydrogens is 270 g/mol. The number of carbonyl (C=O) groups is 2. The van der Waals surface area contributed by atoms with Gasteiger partial charge in [-0.2, -0.15) is 0 Å². The summed E-state index contributed by atoms with van der Waals surface area (Å²) in [7, 11) is 0. The molecule has 0 aromatic carbocycles. The van der Waals surface area contributed by atoms with Crippen molar-refractivity contribution >= 4 is 12.1 Å². The minimum atomic E-state index is -1.23. The molecule has 1 saturated carbocycles. The molecule has 1 amide bonds. The summed E-state index contributed by atoms with van der Waals surface area (Å²) in [5.74, 6) is -0.591. The Bertz CT molecular complexity index is 400. The zero-order chi connectivity index (χ0) is 16.4. The van der Waals surface area contributed by atoms with Gasteiger partial charge in [-0.15, -0.1) is 0 Å². The second-order valence-corrected chi connectivity index (χ2v) is 7.64. The molecule has 21 heavy (non-hydrogen) atoms. The third kappa shape index (κ3) is 4.35. The first kappa shape index (κ1) is 17.8. The fourth-order valence-electron chi connectivity index (χ4n) is 3.34. The van der Waals surface area contributed by atoms with Crippen molar-refractivity contribution in [1.29, 1.82) is 0 Å². The third-order valence-electron chi connectivity index (χ3n) is 4.18. The maximum Gasteiger partial charge on any atom is 0.408 e. The van der Waals surface area contributed by atoms with Crippen LogP contribution in [-0.4, -0.2) is 28.3 Å². The van der Waals surface area contributed by atoms with E-state index in [4.69, 9.17) is 4.74 Å². The molecule has 0 aromatic rings. The summed E-state index contributed by atoms with van der Waals surface area (Å²) in [6.07, 6.45) is 1.60. The number of hydrogen-bond donors (Lipinski definition) is 2. The van der Waals surface area contributed by atoms with Crippen LogP contribution in [-0.2, 0) is 9.53 Å². The Morgan fingerprint density at radius 2 is 1.86 bits per heavy atom. The van der Waals surface area contributed by atoms with E-state index in [-0.39, 0.29) is 17.8 Å². The van der Waals surface area contributed by atoms with Crippen LogP contribution in [0.15, 0.2) is 0 Å². The van der Waals surface area contributed by atoms with Crippen LogP contribution in [0.5, 0.6) is 0 Å². The first-order valence-corrected chi connectivity index (χ1v) is 7.72. The van der Waals surface area contributed by atoms with Crippen LogP contribution in [0.25, 0.3) is 0 Å². The Morgan fingerprint density at radius 1 is 1.29 bits per heavy atom. The maximum absolute atomic E-state index is 12.1. The van der Waals surface area contributed by atoms with Gasteiger partial charge in [-0.1, -0.05) is 27.2 Å². The van der Waals surface area contributed by atoms with Crippen LogP contribution in [0.3, 0.4) is 0 Å². The minimum absolute atomic E-state index is 0.0845. The van der Waals surface area contributed by atoms with Crippen LogP contribution in [0.4, 0.5) is 4.79 Å². The SMILES string of the molecule is CC(C)[C@@H]1CC[C@@H](C)C[C@]1(NC(=O)OC(C)(C)C)C(=O)O. The van der Waals surface area contributed by atoms with E-state index >= 15 is 0 Å². The Kier molecular flexibility index (Phi) is 5.29. The third-order valence-corrected chi connectivity index (χ3v) is 4.18. The van der Waals surface area contributed by atoms with Crippen molar-refractivity contribution in [2.24, 2.45) is 17.8 Å². The highest BCUT2D eigenvalue weighted by molar-refractivity contribution is 5.85. The van der Waals surface area contributed by atoms with Crippen molar-refractivity contribution in [3.05, 3.63) is 0 Å². The van der Waals surface area contributed by atoms with Gasteiger partial charge in [0.15, 0.2) is 0 Å². The zero-order valence-corrected chi connectivity index (χ0v) is 14.0. The lowest BCUT2D eigenvalue weighted by Crippen LogP contribution is -2.63. The summed E-state index contributed by atoms with van der Waals surface area (Å²) in [5.41, 5.74) is -1.87. The highest BCUT2D eigenvalue weighted by Crippen LogP contribution is 2.41. The second-order valence-electron chi connectivity index (χ2n) is 7.64. The molecule has 5 heteroatoms. The number of ether oxygens (including phenoxy) is 1. The maximum atomic E-state index is 12.1. The predicted molar refractivity (Wildman–Crippen MR) is 81.1 cm³/mol. The highest BCUT2D eigenvalue weighted by atomic mass is 16.6. The fraction of sp³-hybridized carbons (Fsp3) is 0.875. The quantitative estimate of drug-likeness (QED) is 0.837. The summed E-state index contributed by atoms with van der Waals surface area (Å²) in [6.45, 7) is 11.4. The number of rotatable bonds is 3. The smallest absolute Gasteiger partial charge is 0.408 e. The summed E-state index contributed by atoms with van der Waals surface area (Å²) < 4.78 is 5.27. The Balaban J connectivity index is 3.04. The highest BCUT2D eigenvalue weighted by Gasteiger charge is 2.51. The first-order chi connectivity index (χ1) is 9.48. The van der Waals surface area contributed by atoms with Gasteiger partial charge in [-0.25, -0.2) is 9.59 Å². The van der Waals surface area contributed by atoms with Crippen LogP contribution in [0.2, 0.25) is 0 Å². The molecule has 0 radical (unpaired) electrons. The van der Waals surface area contributed by atoms with E-state index < -0.39 is 23.2 Å². The van der Waals surface area contributed by atoms with Crippen LogP contribution in [0, 0.1) is 17.8 Å². The van der Waals surface area contributed by atoms with E-state index in [2.05, 4.69) is 5.32 Å². The van der Waals surface area contributed by atoms with Crippen molar-refractivity contribution in [3.63, 3.8) is 0 Å². The van der Waals surface area contributed by atoms with Gasteiger partial charge in [0, 0.05) is 0 Å².